The maximum Gasteiger partial charge on any atom is 0.321 e. The van der Waals surface area contributed by atoms with Crippen LogP contribution in [0.4, 0.5) is 4.79 Å². The number of carbonyl (C=O) groups is 2. The van der Waals surface area contributed by atoms with Crippen molar-refractivity contribution < 1.29 is 9.59 Å². The van der Waals surface area contributed by atoms with E-state index >= 15 is 0 Å². The number of rotatable bonds is 5. The molecule has 3 rings (SSSR count). The lowest BCUT2D eigenvalue weighted by Crippen LogP contribution is -2.47. The van der Waals surface area contributed by atoms with Gasteiger partial charge in [-0.05, 0) is 37.9 Å². The molecule has 1 heterocycles. The minimum atomic E-state index is -0.345. The number of nitrogens with zero attached hydrogens (tertiary/aromatic N) is 2. The third kappa shape index (κ3) is 6.11. The monoisotopic (exact) mass is 358 g/mol. The van der Waals surface area contributed by atoms with Gasteiger partial charge in [0.2, 0.25) is 5.91 Å². The number of imide groups is 1. The van der Waals surface area contributed by atoms with E-state index in [4.69, 9.17) is 0 Å². The first-order chi connectivity index (χ1) is 12.7. The van der Waals surface area contributed by atoms with Crippen LogP contribution >= 0.6 is 0 Å². The summed E-state index contributed by atoms with van der Waals surface area (Å²) in [6, 6.07) is 10.4. The molecular weight excluding hydrogens is 328 g/mol. The molecule has 142 valence electrons. The standard InChI is InChI=1S/C20H30N4O2/c25-19(22-20(26)21-18-9-4-5-10-18)16-24-12-6-11-23(13-14-24)15-17-7-2-1-3-8-17/h1-3,7-8,18H,4-6,9-16H2,(H2,21,22,25,26). The van der Waals surface area contributed by atoms with E-state index in [0.717, 1.165) is 64.8 Å². The number of hydrogen-bond acceptors (Lipinski definition) is 4. The molecule has 2 fully saturated rings. The SMILES string of the molecule is O=C(CN1CCCN(Cc2ccccc2)CC1)NC(=O)NC1CCCC1. The molecule has 6 nitrogen and oxygen atoms in total. The maximum atomic E-state index is 12.2. The number of nitrogens with one attached hydrogen (secondary N) is 2. The van der Waals surface area contributed by atoms with Crippen LogP contribution in [0.5, 0.6) is 0 Å². The molecule has 1 saturated carbocycles. The molecule has 2 N–H and O–H groups in total. The zero-order chi connectivity index (χ0) is 18.2. The zero-order valence-corrected chi connectivity index (χ0v) is 15.5. The number of carbonyl (C=O) groups excluding carboxylic acids is 2. The van der Waals surface area contributed by atoms with Gasteiger partial charge in [0.15, 0.2) is 0 Å². The van der Waals surface area contributed by atoms with E-state index < -0.39 is 0 Å². The van der Waals surface area contributed by atoms with Gasteiger partial charge >= 0.3 is 6.03 Å². The molecule has 1 aliphatic carbocycles. The Morgan fingerprint density at radius 2 is 1.62 bits per heavy atom. The highest BCUT2D eigenvalue weighted by molar-refractivity contribution is 5.95. The van der Waals surface area contributed by atoms with Crippen LogP contribution in [0.25, 0.3) is 0 Å². The molecule has 0 radical (unpaired) electrons. The van der Waals surface area contributed by atoms with E-state index in [0.29, 0.717) is 0 Å². The minimum absolute atomic E-state index is 0.211. The largest absolute Gasteiger partial charge is 0.335 e. The van der Waals surface area contributed by atoms with Gasteiger partial charge in [-0.3, -0.25) is 19.9 Å². The van der Waals surface area contributed by atoms with E-state index in [1.165, 1.54) is 5.56 Å². The van der Waals surface area contributed by atoms with Gasteiger partial charge in [0, 0.05) is 25.7 Å². The van der Waals surface area contributed by atoms with Gasteiger partial charge in [-0.1, -0.05) is 43.2 Å². The Hall–Kier alpha value is -1.92. The highest BCUT2D eigenvalue weighted by atomic mass is 16.2. The Morgan fingerprint density at radius 3 is 2.38 bits per heavy atom. The molecule has 1 saturated heterocycles. The summed E-state index contributed by atoms with van der Waals surface area (Å²) in [6.45, 7) is 4.96. The predicted molar refractivity (Wildman–Crippen MR) is 102 cm³/mol. The predicted octanol–water partition coefficient (Wildman–Crippen LogP) is 1.96. The Kier molecular flexibility index (Phi) is 7.03. The number of hydrogen-bond donors (Lipinski definition) is 2. The summed E-state index contributed by atoms with van der Waals surface area (Å²) in [4.78, 5) is 28.6. The maximum absolute atomic E-state index is 12.2. The second-order valence-corrected chi connectivity index (χ2v) is 7.39. The van der Waals surface area contributed by atoms with Crippen LogP contribution in [0.1, 0.15) is 37.7 Å². The van der Waals surface area contributed by atoms with Gasteiger partial charge < -0.3 is 5.32 Å². The molecule has 6 heteroatoms. The average Bonchev–Trinajstić information content (AvgIpc) is 3.03. The van der Waals surface area contributed by atoms with Crippen molar-refractivity contribution >= 4 is 11.9 Å². The topological polar surface area (TPSA) is 64.7 Å². The zero-order valence-electron chi connectivity index (χ0n) is 15.5. The molecule has 1 aromatic rings. The quantitative estimate of drug-likeness (QED) is 0.845. The fourth-order valence-electron chi connectivity index (χ4n) is 3.84. The van der Waals surface area contributed by atoms with Crippen molar-refractivity contribution in [3.63, 3.8) is 0 Å². The van der Waals surface area contributed by atoms with Crippen LogP contribution in [0.3, 0.4) is 0 Å². The molecule has 3 amide bonds. The van der Waals surface area contributed by atoms with Gasteiger partial charge in [-0.25, -0.2) is 4.79 Å². The molecule has 26 heavy (non-hydrogen) atoms. The Morgan fingerprint density at radius 1 is 0.923 bits per heavy atom. The summed E-state index contributed by atoms with van der Waals surface area (Å²) in [6.07, 6.45) is 5.39. The molecule has 0 spiro atoms. The lowest BCUT2D eigenvalue weighted by atomic mass is 10.2. The summed E-state index contributed by atoms with van der Waals surface area (Å²) in [5.41, 5.74) is 1.32. The first-order valence-corrected chi connectivity index (χ1v) is 9.78. The van der Waals surface area contributed by atoms with E-state index in [-0.39, 0.29) is 24.5 Å². The number of urea groups is 1. The Bertz CT molecular complexity index is 587. The van der Waals surface area contributed by atoms with Crippen molar-refractivity contribution in [2.24, 2.45) is 0 Å². The van der Waals surface area contributed by atoms with Crippen LogP contribution in [0, 0.1) is 0 Å². The first-order valence-electron chi connectivity index (χ1n) is 9.78. The molecule has 0 bridgehead atoms. The van der Waals surface area contributed by atoms with E-state index in [1.54, 1.807) is 0 Å². The number of amides is 3. The smallest absolute Gasteiger partial charge is 0.321 e. The van der Waals surface area contributed by atoms with Crippen molar-refractivity contribution in [3.05, 3.63) is 35.9 Å². The molecule has 1 aromatic carbocycles. The highest BCUT2D eigenvalue weighted by Gasteiger charge is 2.20. The van der Waals surface area contributed by atoms with Gasteiger partial charge in [0.1, 0.15) is 0 Å². The van der Waals surface area contributed by atoms with Crippen molar-refractivity contribution in [2.45, 2.75) is 44.7 Å². The third-order valence-electron chi connectivity index (χ3n) is 5.24. The van der Waals surface area contributed by atoms with E-state index in [2.05, 4.69) is 44.7 Å². The fourth-order valence-corrected chi connectivity index (χ4v) is 3.84. The number of benzene rings is 1. The highest BCUT2D eigenvalue weighted by Crippen LogP contribution is 2.17. The summed E-state index contributed by atoms with van der Waals surface area (Å²) in [5.74, 6) is -0.211. The molecular formula is C20H30N4O2. The molecule has 2 aliphatic rings. The van der Waals surface area contributed by atoms with Gasteiger partial charge in [0.25, 0.3) is 0 Å². The van der Waals surface area contributed by atoms with Crippen LogP contribution in [-0.4, -0.2) is 60.5 Å². The second-order valence-electron chi connectivity index (χ2n) is 7.39. The molecule has 0 unspecified atom stereocenters. The third-order valence-corrected chi connectivity index (χ3v) is 5.24. The molecule has 0 atom stereocenters. The van der Waals surface area contributed by atoms with Gasteiger partial charge in [0.05, 0.1) is 6.54 Å². The van der Waals surface area contributed by atoms with Crippen molar-refractivity contribution in [1.82, 2.24) is 20.4 Å². The van der Waals surface area contributed by atoms with Crippen LogP contribution in [0.2, 0.25) is 0 Å². The molecule has 0 aromatic heterocycles. The van der Waals surface area contributed by atoms with Crippen LogP contribution in [-0.2, 0) is 11.3 Å². The van der Waals surface area contributed by atoms with Crippen molar-refractivity contribution in [3.8, 4) is 0 Å². The minimum Gasteiger partial charge on any atom is -0.335 e. The van der Waals surface area contributed by atoms with Gasteiger partial charge in [-0.2, -0.15) is 0 Å². The summed E-state index contributed by atoms with van der Waals surface area (Å²) in [5, 5.41) is 5.38. The van der Waals surface area contributed by atoms with Crippen molar-refractivity contribution in [2.75, 3.05) is 32.7 Å². The lowest BCUT2D eigenvalue weighted by molar-refractivity contribution is -0.121. The second kappa shape index (κ2) is 9.69. The summed E-state index contributed by atoms with van der Waals surface area (Å²) in [7, 11) is 0. The molecule has 1 aliphatic heterocycles. The first kappa shape index (κ1) is 18.9. The lowest BCUT2D eigenvalue weighted by Gasteiger charge is -2.21. The Balaban J connectivity index is 1.38. The Labute approximate surface area is 155 Å². The summed E-state index contributed by atoms with van der Waals surface area (Å²) < 4.78 is 0. The average molecular weight is 358 g/mol. The van der Waals surface area contributed by atoms with Crippen LogP contribution < -0.4 is 10.6 Å². The van der Waals surface area contributed by atoms with Crippen molar-refractivity contribution in [1.29, 1.82) is 0 Å². The normalized spacial score (nSPS) is 19.8. The van der Waals surface area contributed by atoms with Gasteiger partial charge in [-0.15, -0.1) is 0 Å². The van der Waals surface area contributed by atoms with E-state index in [9.17, 15) is 9.59 Å². The van der Waals surface area contributed by atoms with Crippen LogP contribution in [0.15, 0.2) is 30.3 Å². The fraction of sp³-hybridized carbons (Fsp3) is 0.600. The summed E-state index contributed by atoms with van der Waals surface area (Å²) >= 11 is 0. The van der Waals surface area contributed by atoms with E-state index in [1.807, 2.05) is 6.07 Å².